The first-order valence-corrected chi connectivity index (χ1v) is 7.32. The summed E-state index contributed by atoms with van der Waals surface area (Å²) in [6.45, 7) is 4.07. The number of amides is 1. The van der Waals surface area contributed by atoms with E-state index in [1.54, 1.807) is 11.0 Å². The van der Waals surface area contributed by atoms with E-state index in [1.165, 1.54) is 6.20 Å². The quantitative estimate of drug-likeness (QED) is 0.877. The molecular formula is C15H18N4O3. The van der Waals surface area contributed by atoms with Gasteiger partial charge in [0.1, 0.15) is 0 Å². The number of fused-ring (bicyclic) bond motifs is 1. The molecule has 0 aromatic carbocycles. The Labute approximate surface area is 127 Å². The van der Waals surface area contributed by atoms with E-state index in [0.29, 0.717) is 24.1 Å². The molecule has 1 saturated heterocycles. The number of aromatic nitrogens is 3. The highest BCUT2D eigenvalue weighted by Gasteiger charge is 2.33. The normalized spacial score (nSPS) is 22.0. The third-order valence-corrected chi connectivity index (χ3v) is 4.34. The summed E-state index contributed by atoms with van der Waals surface area (Å²) in [5.74, 6) is -1.51. The summed E-state index contributed by atoms with van der Waals surface area (Å²) >= 11 is 0. The molecular weight excluding hydrogens is 284 g/mol. The predicted molar refractivity (Wildman–Crippen MR) is 79.5 cm³/mol. The molecule has 0 saturated carbocycles. The molecule has 1 aliphatic heterocycles. The van der Waals surface area contributed by atoms with E-state index >= 15 is 0 Å². The highest BCUT2D eigenvalue weighted by Crippen LogP contribution is 2.24. The molecule has 3 heterocycles. The highest BCUT2D eigenvalue weighted by molar-refractivity contribution is 5.97. The van der Waals surface area contributed by atoms with Crippen LogP contribution in [0.15, 0.2) is 12.3 Å². The fourth-order valence-electron chi connectivity index (χ4n) is 2.89. The lowest BCUT2D eigenvalue weighted by molar-refractivity contribution is -0.143. The van der Waals surface area contributed by atoms with Crippen LogP contribution in [0, 0.1) is 12.8 Å². The number of carbonyl (C=O) groups excluding carboxylic acids is 1. The van der Waals surface area contributed by atoms with Crippen molar-refractivity contribution in [1.29, 1.82) is 0 Å². The number of aryl methyl sites for hydroxylation is 1. The maximum absolute atomic E-state index is 12.7. The van der Waals surface area contributed by atoms with Gasteiger partial charge in [-0.15, -0.1) is 0 Å². The number of pyridine rings is 1. The minimum atomic E-state index is -0.844. The number of carbonyl (C=O) groups is 2. The summed E-state index contributed by atoms with van der Waals surface area (Å²) in [6.07, 6.45) is 2.81. The third-order valence-electron chi connectivity index (χ3n) is 4.34. The number of likely N-dealkylation sites (tertiary alicyclic amines) is 1. The Morgan fingerprint density at radius 1 is 1.41 bits per heavy atom. The molecule has 2 atom stereocenters. The zero-order chi connectivity index (χ0) is 15.9. The number of piperidine rings is 1. The van der Waals surface area contributed by atoms with E-state index < -0.39 is 11.9 Å². The largest absolute Gasteiger partial charge is 0.481 e. The average Bonchev–Trinajstić information content (AvgIpc) is 2.88. The zero-order valence-corrected chi connectivity index (χ0v) is 12.5. The second kappa shape index (κ2) is 5.40. The summed E-state index contributed by atoms with van der Waals surface area (Å²) in [5.41, 5.74) is 1.89. The maximum atomic E-state index is 12.7. The number of nitrogens with one attached hydrogen (secondary N) is 1. The fourth-order valence-corrected chi connectivity index (χ4v) is 2.89. The van der Waals surface area contributed by atoms with Crippen molar-refractivity contribution >= 4 is 22.9 Å². The van der Waals surface area contributed by atoms with Crippen molar-refractivity contribution in [2.45, 2.75) is 32.7 Å². The molecule has 2 unspecified atom stereocenters. The average molecular weight is 302 g/mol. The number of aliphatic carboxylic acids is 1. The topological polar surface area (TPSA) is 99.2 Å². The number of hydrogen-bond acceptors (Lipinski definition) is 4. The van der Waals surface area contributed by atoms with Crippen LogP contribution in [0.3, 0.4) is 0 Å². The Hall–Kier alpha value is -2.44. The van der Waals surface area contributed by atoms with Crippen molar-refractivity contribution in [2.75, 3.05) is 6.54 Å². The van der Waals surface area contributed by atoms with Crippen LogP contribution in [0.25, 0.3) is 11.0 Å². The third kappa shape index (κ3) is 2.43. The van der Waals surface area contributed by atoms with E-state index in [2.05, 4.69) is 15.2 Å². The van der Waals surface area contributed by atoms with Gasteiger partial charge in [0, 0.05) is 29.9 Å². The standard InChI is InChI=1S/C15H18N4O3/c1-8-3-4-10(15(21)22)7-19(8)14(20)11-5-12-9(2)17-18-13(12)16-6-11/h5-6,8,10H,3-4,7H2,1-2H3,(H,21,22)(H,16,17,18). The molecule has 22 heavy (non-hydrogen) atoms. The lowest BCUT2D eigenvalue weighted by Gasteiger charge is -2.36. The summed E-state index contributed by atoms with van der Waals surface area (Å²) in [6, 6.07) is 1.80. The van der Waals surface area contributed by atoms with Gasteiger partial charge in [-0.25, -0.2) is 4.98 Å². The molecule has 1 amide bonds. The molecule has 3 rings (SSSR count). The second-order valence-corrected chi connectivity index (χ2v) is 5.86. The minimum Gasteiger partial charge on any atom is -0.481 e. The molecule has 2 N–H and O–H groups in total. The van der Waals surface area contributed by atoms with Gasteiger partial charge in [0.05, 0.1) is 11.5 Å². The minimum absolute atomic E-state index is 0.0317. The molecule has 0 aliphatic carbocycles. The molecule has 7 nitrogen and oxygen atoms in total. The molecule has 2 aromatic heterocycles. The van der Waals surface area contributed by atoms with E-state index in [1.807, 2.05) is 13.8 Å². The van der Waals surface area contributed by atoms with Crippen LogP contribution in [0.5, 0.6) is 0 Å². The molecule has 1 fully saturated rings. The molecule has 0 radical (unpaired) electrons. The van der Waals surface area contributed by atoms with Crippen LogP contribution in [0.4, 0.5) is 0 Å². The lowest BCUT2D eigenvalue weighted by atomic mass is 9.93. The van der Waals surface area contributed by atoms with Crippen molar-refractivity contribution in [2.24, 2.45) is 5.92 Å². The molecule has 1 aliphatic rings. The van der Waals surface area contributed by atoms with Gasteiger partial charge < -0.3 is 10.0 Å². The smallest absolute Gasteiger partial charge is 0.308 e. The van der Waals surface area contributed by atoms with Crippen LogP contribution in [-0.2, 0) is 4.79 Å². The van der Waals surface area contributed by atoms with Gasteiger partial charge in [-0.1, -0.05) is 0 Å². The van der Waals surface area contributed by atoms with E-state index in [9.17, 15) is 14.7 Å². The first-order chi connectivity index (χ1) is 10.5. The molecule has 2 aromatic rings. The Balaban J connectivity index is 1.90. The van der Waals surface area contributed by atoms with E-state index in [0.717, 1.165) is 11.1 Å². The van der Waals surface area contributed by atoms with Crippen LogP contribution in [-0.4, -0.2) is 49.7 Å². The van der Waals surface area contributed by atoms with Gasteiger partial charge in [-0.05, 0) is 32.8 Å². The maximum Gasteiger partial charge on any atom is 0.308 e. The van der Waals surface area contributed by atoms with Crippen molar-refractivity contribution < 1.29 is 14.7 Å². The van der Waals surface area contributed by atoms with Gasteiger partial charge in [0.2, 0.25) is 0 Å². The van der Waals surface area contributed by atoms with Crippen LogP contribution >= 0.6 is 0 Å². The van der Waals surface area contributed by atoms with Gasteiger partial charge in [-0.2, -0.15) is 5.10 Å². The Morgan fingerprint density at radius 2 is 2.18 bits per heavy atom. The number of hydrogen-bond donors (Lipinski definition) is 2. The first-order valence-electron chi connectivity index (χ1n) is 7.32. The summed E-state index contributed by atoms with van der Waals surface area (Å²) in [4.78, 5) is 29.7. The Morgan fingerprint density at radius 3 is 2.91 bits per heavy atom. The van der Waals surface area contributed by atoms with Crippen molar-refractivity contribution in [1.82, 2.24) is 20.1 Å². The van der Waals surface area contributed by atoms with Crippen molar-refractivity contribution in [3.8, 4) is 0 Å². The Bertz CT molecular complexity index is 739. The van der Waals surface area contributed by atoms with Gasteiger partial charge in [0.15, 0.2) is 5.65 Å². The highest BCUT2D eigenvalue weighted by atomic mass is 16.4. The van der Waals surface area contributed by atoms with Gasteiger partial charge in [-0.3, -0.25) is 14.7 Å². The molecule has 0 spiro atoms. The zero-order valence-electron chi connectivity index (χ0n) is 12.5. The van der Waals surface area contributed by atoms with Crippen LogP contribution in [0.2, 0.25) is 0 Å². The van der Waals surface area contributed by atoms with Gasteiger partial charge in [0.25, 0.3) is 5.91 Å². The first kappa shape index (κ1) is 14.5. The number of nitrogens with zero attached hydrogens (tertiary/aromatic N) is 3. The van der Waals surface area contributed by atoms with Crippen LogP contribution in [0.1, 0.15) is 35.8 Å². The second-order valence-electron chi connectivity index (χ2n) is 5.86. The SMILES string of the molecule is Cc1[nH]nc2ncc(C(=O)N3CC(C(=O)O)CCC3C)cc12. The van der Waals surface area contributed by atoms with Crippen molar-refractivity contribution in [3.63, 3.8) is 0 Å². The Kier molecular flexibility index (Phi) is 3.56. The molecule has 0 bridgehead atoms. The fraction of sp³-hybridized carbons (Fsp3) is 0.467. The summed E-state index contributed by atoms with van der Waals surface area (Å²) in [5, 5.41) is 16.9. The summed E-state index contributed by atoms with van der Waals surface area (Å²) in [7, 11) is 0. The van der Waals surface area contributed by atoms with Crippen LogP contribution < -0.4 is 0 Å². The van der Waals surface area contributed by atoms with Crippen molar-refractivity contribution in [3.05, 3.63) is 23.5 Å². The monoisotopic (exact) mass is 302 g/mol. The van der Waals surface area contributed by atoms with E-state index in [-0.39, 0.29) is 18.5 Å². The number of aromatic amines is 1. The van der Waals surface area contributed by atoms with Gasteiger partial charge >= 0.3 is 5.97 Å². The molecule has 7 heteroatoms. The lowest BCUT2D eigenvalue weighted by Crippen LogP contribution is -2.47. The number of carboxylic acids is 1. The summed E-state index contributed by atoms with van der Waals surface area (Å²) < 4.78 is 0. The molecule has 116 valence electrons. The predicted octanol–water partition coefficient (Wildman–Crippen LogP) is 1.59. The number of rotatable bonds is 2. The van der Waals surface area contributed by atoms with E-state index in [4.69, 9.17) is 0 Å². The number of carboxylic acid groups (broad SMARTS) is 1. The number of H-pyrrole nitrogens is 1.